The Morgan fingerprint density at radius 2 is 2.13 bits per heavy atom. The maximum Gasteiger partial charge on any atom is 0.233 e. The maximum absolute atomic E-state index is 5.45. The lowest BCUT2D eigenvalue weighted by Crippen LogP contribution is -2.20. The van der Waals surface area contributed by atoms with Crippen molar-refractivity contribution in [1.82, 2.24) is 9.36 Å². The topological polar surface area (TPSA) is 63.8 Å². The molecule has 0 saturated heterocycles. The predicted molar refractivity (Wildman–Crippen MR) is 63.9 cm³/mol. The number of nitrogens with one attached hydrogen (secondary N) is 1. The molecule has 2 rings (SSSR count). The SMILES string of the molecule is CC1CCC(CNc2nc(N)ns2)CC1. The summed E-state index contributed by atoms with van der Waals surface area (Å²) in [5, 5.41) is 4.17. The van der Waals surface area contributed by atoms with E-state index < -0.39 is 0 Å². The molecule has 0 atom stereocenters. The van der Waals surface area contributed by atoms with Crippen LogP contribution in [0, 0.1) is 11.8 Å². The molecule has 1 fully saturated rings. The van der Waals surface area contributed by atoms with Gasteiger partial charge in [0.15, 0.2) is 0 Å². The number of rotatable bonds is 3. The van der Waals surface area contributed by atoms with E-state index in [-0.39, 0.29) is 0 Å². The quantitative estimate of drug-likeness (QED) is 0.830. The Morgan fingerprint density at radius 1 is 1.40 bits per heavy atom. The molecule has 0 aromatic carbocycles. The first-order valence-electron chi connectivity index (χ1n) is 5.57. The first-order valence-corrected chi connectivity index (χ1v) is 6.34. The zero-order valence-corrected chi connectivity index (χ0v) is 9.89. The van der Waals surface area contributed by atoms with E-state index in [9.17, 15) is 0 Å². The summed E-state index contributed by atoms with van der Waals surface area (Å²) in [6, 6.07) is 0. The van der Waals surface area contributed by atoms with Crippen LogP contribution in [-0.2, 0) is 0 Å². The van der Waals surface area contributed by atoms with Gasteiger partial charge in [0.1, 0.15) is 0 Å². The molecule has 4 nitrogen and oxygen atoms in total. The third-order valence-electron chi connectivity index (χ3n) is 3.12. The van der Waals surface area contributed by atoms with Gasteiger partial charge in [0.05, 0.1) is 0 Å². The van der Waals surface area contributed by atoms with Crippen molar-refractivity contribution in [3.05, 3.63) is 0 Å². The second kappa shape index (κ2) is 4.79. The highest BCUT2D eigenvalue weighted by Crippen LogP contribution is 2.28. The number of nitrogen functional groups attached to an aromatic ring is 1. The van der Waals surface area contributed by atoms with Crippen molar-refractivity contribution >= 4 is 22.6 Å². The standard InChI is InChI=1S/C10H18N4S/c1-7-2-4-8(5-3-7)6-12-10-13-9(11)14-15-10/h7-8H,2-6H2,1H3,(H3,11,12,13,14). The normalized spacial score (nSPS) is 26.5. The third kappa shape index (κ3) is 3.06. The molecule has 5 heteroatoms. The largest absolute Gasteiger partial charge is 0.367 e. The summed E-state index contributed by atoms with van der Waals surface area (Å²) >= 11 is 1.34. The Hall–Kier alpha value is -0.840. The summed E-state index contributed by atoms with van der Waals surface area (Å²) < 4.78 is 3.94. The molecule has 1 saturated carbocycles. The molecule has 1 aromatic rings. The van der Waals surface area contributed by atoms with Crippen molar-refractivity contribution < 1.29 is 0 Å². The monoisotopic (exact) mass is 226 g/mol. The zero-order chi connectivity index (χ0) is 10.7. The van der Waals surface area contributed by atoms with Crippen molar-refractivity contribution in [3.8, 4) is 0 Å². The Morgan fingerprint density at radius 3 is 2.73 bits per heavy atom. The smallest absolute Gasteiger partial charge is 0.233 e. The highest BCUT2D eigenvalue weighted by molar-refractivity contribution is 7.09. The van der Waals surface area contributed by atoms with Crippen molar-refractivity contribution in [2.24, 2.45) is 11.8 Å². The van der Waals surface area contributed by atoms with E-state index >= 15 is 0 Å². The second-order valence-corrected chi connectivity index (χ2v) is 5.22. The molecule has 0 aliphatic heterocycles. The number of aromatic nitrogens is 2. The van der Waals surface area contributed by atoms with E-state index in [4.69, 9.17) is 5.73 Å². The molecule has 84 valence electrons. The van der Waals surface area contributed by atoms with E-state index in [0.29, 0.717) is 5.95 Å². The minimum atomic E-state index is 0.375. The van der Waals surface area contributed by atoms with Gasteiger partial charge in [0.2, 0.25) is 11.1 Å². The maximum atomic E-state index is 5.45. The fourth-order valence-corrected chi connectivity index (χ4v) is 2.57. The van der Waals surface area contributed by atoms with Crippen LogP contribution in [0.2, 0.25) is 0 Å². The minimum Gasteiger partial charge on any atom is -0.367 e. The lowest BCUT2D eigenvalue weighted by molar-refractivity contribution is 0.300. The molecular formula is C10H18N4S. The summed E-state index contributed by atoms with van der Waals surface area (Å²) in [6.07, 6.45) is 5.40. The number of hydrogen-bond acceptors (Lipinski definition) is 5. The fraction of sp³-hybridized carbons (Fsp3) is 0.800. The molecule has 0 bridgehead atoms. The number of hydrogen-bond donors (Lipinski definition) is 2. The van der Waals surface area contributed by atoms with Crippen LogP contribution in [-0.4, -0.2) is 15.9 Å². The molecule has 1 heterocycles. The Labute approximate surface area is 94.5 Å². The summed E-state index contributed by atoms with van der Waals surface area (Å²) in [5.74, 6) is 2.09. The van der Waals surface area contributed by atoms with Gasteiger partial charge in [-0.15, -0.1) is 0 Å². The van der Waals surface area contributed by atoms with Gasteiger partial charge >= 0.3 is 0 Å². The summed E-state index contributed by atoms with van der Waals surface area (Å²) in [7, 11) is 0. The Balaban J connectivity index is 1.74. The van der Waals surface area contributed by atoms with Gasteiger partial charge in [-0.05, 0) is 24.7 Å². The second-order valence-electron chi connectivity index (χ2n) is 4.46. The highest BCUT2D eigenvalue weighted by atomic mass is 32.1. The number of anilines is 2. The van der Waals surface area contributed by atoms with Crippen molar-refractivity contribution in [1.29, 1.82) is 0 Å². The number of nitrogens with two attached hydrogens (primary N) is 1. The summed E-state index contributed by atoms with van der Waals surface area (Å²) in [5.41, 5.74) is 5.45. The lowest BCUT2D eigenvalue weighted by Gasteiger charge is -2.25. The molecule has 0 spiro atoms. The lowest BCUT2D eigenvalue weighted by atomic mass is 9.83. The average molecular weight is 226 g/mol. The summed E-state index contributed by atoms with van der Waals surface area (Å²) in [4.78, 5) is 4.08. The van der Waals surface area contributed by atoms with Gasteiger partial charge in [0.25, 0.3) is 0 Å². The molecule has 1 aliphatic carbocycles. The van der Waals surface area contributed by atoms with Crippen LogP contribution in [0.5, 0.6) is 0 Å². The van der Waals surface area contributed by atoms with Crippen LogP contribution in [0.4, 0.5) is 11.1 Å². The van der Waals surface area contributed by atoms with Gasteiger partial charge in [-0.1, -0.05) is 19.8 Å². The van der Waals surface area contributed by atoms with Crippen LogP contribution in [0.3, 0.4) is 0 Å². The summed E-state index contributed by atoms with van der Waals surface area (Å²) in [6.45, 7) is 3.36. The van der Waals surface area contributed by atoms with Crippen LogP contribution < -0.4 is 11.1 Å². The van der Waals surface area contributed by atoms with Gasteiger partial charge < -0.3 is 11.1 Å². The van der Waals surface area contributed by atoms with Gasteiger partial charge in [0, 0.05) is 18.1 Å². The Kier molecular flexibility index (Phi) is 3.41. The van der Waals surface area contributed by atoms with Crippen LogP contribution in [0.1, 0.15) is 32.6 Å². The zero-order valence-electron chi connectivity index (χ0n) is 9.07. The molecule has 0 unspecified atom stereocenters. The molecule has 0 amide bonds. The molecular weight excluding hydrogens is 208 g/mol. The molecule has 1 aromatic heterocycles. The fourth-order valence-electron chi connectivity index (χ4n) is 2.07. The third-order valence-corrected chi connectivity index (χ3v) is 3.81. The van der Waals surface area contributed by atoms with Crippen molar-refractivity contribution in [3.63, 3.8) is 0 Å². The van der Waals surface area contributed by atoms with Crippen molar-refractivity contribution in [2.75, 3.05) is 17.6 Å². The van der Waals surface area contributed by atoms with Crippen LogP contribution in [0.15, 0.2) is 0 Å². The van der Waals surface area contributed by atoms with E-state index in [1.54, 1.807) is 0 Å². The van der Waals surface area contributed by atoms with Gasteiger partial charge in [-0.3, -0.25) is 0 Å². The van der Waals surface area contributed by atoms with E-state index in [1.165, 1.54) is 37.2 Å². The van der Waals surface area contributed by atoms with E-state index in [0.717, 1.165) is 23.5 Å². The highest BCUT2D eigenvalue weighted by Gasteiger charge is 2.18. The van der Waals surface area contributed by atoms with Gasteiger partial charge in [-0.25, -0.2) is 0 Å². The molecule has 0 radical (unpaired) electrons. The molecule has 3 N–H and O–H groups in total. The average Bonchev–Trinajstić information content (AvgIpc) is 2.64. The van der Waals surface area contributed by atoms with Crippen LogP contribution in [0.25, 0.3) is 0 Å². The Bertz CT molecular complexity index is 304. The van der Waals surface area contributed by atoms with Crippen LogP contribution >= 0.6 is 11.5 Å². The molecule has 15 heavy (non-hydrogen) atoms. The van der Waals surface area contributed by atoms with E-state index in [1.807, 2.05) is 0 Å². The predicted octanol–water partition coefficient (Wildman–Crippen LogP) is 2.36. The molecule has 1 aliphatic rings. The first kappa shape index (κ1) is 10.7. The minimum absolute atomic E-state index is 0.375. The van der Waals surface area contributed by atoms with Gasteiger partial charge in [-0.2, -0.15) is 9.36 Å². The van der Waals surface area contributed by atoms with Crippen molar-refractivity contribution in [2.45, 2.75) is 32.6 Å². The van der Waals surface area contributed by atoms with E-state index in [2.05, 4.69) is 21.6 Å². The first-order chi connectivity index (χ1) is 7.24. The number of nitrogens with zero attached hydrogens (tertiary/aromatic N) is 2.